The highest BCUT2D eigenvalue weighted by molar-refractivity contribution is 5.62. The normalized spacial score (nSPS) is 28.2. The summed E-state index contributed by atoms with van der Waals surface area (Å²) in [5.74, 6) is 0. The first-order chi connectivity index (χ1) is 10.4. The highest BCUT2D eigenvalue weighted by Crippen LogP contribution is 2.34. The predicted molar refractivity (Wildman–Crippen MR) is 82.2 cm³/mol. The van der Waals surface area contributed by atoms with Gasteiger partial charge in [-0.3, -0.25) is 4.90 Å². The van der Waals surface area contributed by atoms with Crippen LogP contribution in [0.5, 0.6) is 0 Å². The number of ether oxygens (including phenoxy) is 1. The number of benzene rings is 1. The van der Waals surface area contributed by atoms with E-state index in [1.54, 1.807) is 13.3 Å². The van der Waals surface area contributed by atoms with E-state index in [0.29, 0.717) is 18.7 Å². The Hall–Kier alpha value is -1.43. The van der Waals surface area contributed by atoms with E-state index in [0.717, 1.165) is 25.9 Å². The van der Waals surface area contributed by atoms with Crippen molar-refractivity contribution in [1.82, 2.24) is 10.2 Å². The van der Waals surface area contributed by atoms with Crippen molar-refractivity contribution in [3.63, 3.8) is 0 Å². The summed E-state index contributed by atoms with van der Waals surface area (Å²) in [6.07, 6.45) is 3.96. The third-order valence-electron chi connectivity index (χ3n) is 4.29. The first-order valence-electron chi connectivity index (χ1n) is 7.61. The average molecular weight is 289 g/mol. The van der Waals surface area contributed by atoms with Gasteiger partial charge >= 0.3 is 0 Å². The van der Waals surface area contributed by atoms with Crippen molar-refractivity contribution in [2.24, 2.45) is 5.16 Å². The lowest BCUT2D eigenvalue weighted by Gasteiger charge is -2.37. The Morgan fingerprint density at radius 1 is 1.29 bits per heavy atom. The van der Waals surface area contributed by atoms with Crippen LogP contribution in [0, 0.1) is 0 Å². The van der Waals surface area contributed by atoms with Crippen LogP contribution in [0.4, 0.5) is 0 Å². The summed E-state index contributed by atoms with van der Waals surface area (Å²) in [6, 6.07) is 11.4. The molecule has 0 aromatic heterocycles. The summed E-state index contributed by atoms with van der Waals surface area (Å²) < 4.78 is 5.96. The molecule has 0 aliphatic carbocycles. The van der Waals surface area contributed by atoms with Crippen LogP contribution in [-0.4, -0.2) is 50.2 Å². The Kier molecular flexibility index (Phi) is 4.85. The minimum atomic E-state index is -0.0988. The molecule has 2 atom stereocenters. The molecule has 1 aromatic carbocycles. The van der Waals surface area contributed by atoms with Crippen LogP contribution in [0.25, 0.3) is 0 Å². The van der Waals surface area contributed by atoms with E-state index < -0.39 is 0 Å². The molecule has 0 amide bonds. The second-order valence-corrected chi connectivity index (χ2v) is 5.52. The molecule has 5 nitrogen and oxygen atoms in total. The fraction of sp³-hybridized carbons (Fsp3) is 0.562. The van der Waals surface area contributed by atoms with Crippen LogP contribution in [0.1, 0.15) is 24.4 Å². The van der Waals surface area contributed by atoms with Gasteiger partial charge in [0.1, 0.15) is 7.11 Å². The lowest BCUT2D eigenvalue weighted by molar-refractivity contribution is 0.0477. The van der Waals surface area contributed by atoms with E-state index in [-0.39, 0.29) is 6.23 Å². The molecule has 1 unspecified atom stereocenters. The molecule has 2 aliphatic rings. The van der Waals surface area contributed by atoms with Crippen molar-refractivity contribution >= 4 is 6.21 Å². The number of nitrogens with one attached hydrogen (secondary N) is 1. The van der Waals surface area contributed by atoms with Gasteiger partial charge in [0.15, 0.2) is 6.23 Å². The minimum absolute atomic E-state index is 0.0988. The zero-order valence-corrected chi connectivity index (χ0v) is 12.4. The van der Waals surface area contributed by atoms with Gasteiger partial charge in [-0.15, -0.1) is 0 Å². The summed E-state index contributed by atoms with van der Waals surface area (Å²) in [6.45, 7) is 2.84. The number of hydrogen-bond donors (Lipinski definition) is 1. The van der Waals surface area contributed by atoms with Gasteiger partial charge in [0.25, 0.3) is 0 Å². The van der Waals surface area contributed by atoms with Gasteiger partial charge in [0, 0.05) is 6.04 Å². The summed E-state index contributed by atoms with van der Waals surface area (Å²) in [7, 11) is 1.56. The van der Waals surface area contributed by atoms with Crippen LogP contribution >= 0.6 is 0 Å². The maximum atomic E-state index is 5.96. The maximum absolute atomic E-state index is 5.96. The molecule has 3 rings (SSSR count). The highest BCUT2D eigenvalue weighted by atomic mass is 16.6. The van der Waals surface area contributed by atoms with E-state index in [9.17, 15) is 0 Å². The minimum Gasteiger partial charge on any atom is -0.399 e. The first kappa shape index (κ1) is 14.5. The number of oxime groups is 1. The van der Waals surface area contributed by atoms with Gasteiger partial charge in [-0.05, 0) is 31.5 Å². The lowest BCUT2D eigenvalue weighted by atomic mass is 9.99. The monoisotopic (exact) mass is 289 g/mol. The van der Waals surface area contributed by atoms with Crippen molar-refractivity contribution in [2.45, 2.75) is 31.2 Å². The van der Waals surface area contributed by atoms with Crippen molar-refractivity contribution in [1.29, 1.82) is 0 Å². The van der Waals surface area contributed by atoms with E-state index in [4.69, 9.17) is 9.57 Å². The molecular formula is C16H23N3O2. The van der Waals surface area contributed by atoms with Gasteiger partial charge < -0.3 is 14.9 Å². The summed E-state index contributed by atoms with van der Waals surface area (Å²) in [4.78, 5) is 7.29. The number of nitrogens with zero attached hydrogens (tertiary/aromatic N) is 2. The molecule has 1 aromatic rings. The van der Waals surface area contributed by atoms with Crippen LogP contribution < -0.4 is 5.32 Å². The zero-order chi connectivity index (χ0) is 14.5. The predicted octanol–water partition coefficient (Wildman–Crippen LogP) is 1.77. The molecule has 21 heavy (non-hydrogen) atoms. The summed E-state index contributed by atoms with van der Waals surface area (Å²) in [5.41, 5.74) is 1.31. The SMILES string of the molecule is CON=CC1OC[C@@H](c2ccccc2)N1C1CCNCC1. The fourth-order valence-electron chi connectivity index (χ4n) is 3.28. The van der Waals surface area contributed by atoms with E-state index >= 15 is 0 Å². The lowest BCUT2D eigenvalue weighted by Crippen LogP contribution is -2.47. The summed E-state index contributed by atoms with van der Waals surface area (Å²) >= 11 is 0. The van der Waals surface area contributed by atoms with Gasteiger partial charge in [-0.2, -0.15) is 0 Å². The van der Waals surface area contributed by atoms with E-state index in [1.165, 1.54) is 5.56 Å². The molecule has 114 valence electrons. The molecule has 2 saturated heterocycles. The van der Waals surface area contributed by atoms with Crippen molar-refractivity contribution in [3.8, 4) is 0 Å². The Morgan fingerprint density at radius 2 is 2.05 bits per heavy atom. The molecule has 0 spiro atoms. The van der Waals surface area contributed by atoms with Gasteiger partial charge in [-0.1, -0.05) is 35.5 Å². The highest BCUT2D eigenvalue weighted by Gasteiger charge is 2.39. The molecule has 0 bridgehead atoms. The first-order valence-corrected chi connectivity index (χ1v) is 7.61. The van der Waals surface area contributed by atoms with Crippen molar-refractivity contribution in [3.05, 3.63) is 35.9 Å². The molecule has 0 radical (unpaired) electrons. The van der Waals surface area contributed by atoms with Crippen LogP contribution in [-0.2, 0) is 9.57 Å². The average Bonchev–Trinajstić information content (AvgIpc) is 2.98. The van der Waals surface area contributed by atoms with Crippen LogP contribution in [0.3, 0.4) is 0 Å². The topological polar surface area (TPSA) is 46.1 Å². The summed E-state index contributed by atoms with van der Waals surface area (Å²) in [5, 5.41) is 7.34. The van der Waals surface area contributed by atoms with Crippen molar-refractivity contribution in [2.75, 3.05) is 26.8 Å². The van der Waals surface area contributed by atoms with Gasteiger partial charge in [-0.25, -0.2) is 0 Å². The largest absolute Gasteiger partial charge is 0.399 e. The van der Waals surface area contributed by atoms with Crippen LogP contribution in [0.15, 0.2) is 35.5 Å². The molecule has 2 fully saturated rings. The number of hydrogen-bond acceptors (Lipinski definition) is 5. The zero-order valence-electron chi connectivity index (χ0n) is 12.4. The Labute approximate surface area is 125 Å². The maximum Gasteiger partial charge on any atom is 0.151 e. The molecule has 5 heteroatoms. The third-order valence-corrected chi connectivity index (χ3v) is 4.29. The van der Waals surface area contributed by atoms with Gasteiger partial charge in [0.05, 0.1) is 18.9 Å². The van der Waals surface area contributed by atoms with Crippen molar-refractivity contribution < 1.29 is 9.57 Å². The second-order valence-electron chi connectivity index (χ2n) is 5.52. The van der Waals surface area contributed by atoms with Crippen LogP contribution in [0.2, 0.25) is 0 Å². The Morgan fingerprint density at radius 3 is 2.76 bits per heavy atom. The fourth-order valence-corrected chi connectivity index (χ4v) is 3.28. The standard InChI is InChI=1S/C16H23N3O2/c1-20-18-11-16-19(14-7-9-17-10-8-14)15(12-21-16)13-5-3-2-4-6-13/h2-6,11,14-17H,7-10,12H2,1H3/t15-,16?/m0/s1. The third kappa shape index (κ3) is 3.26. The Balaban J connectivity index is 1.83. The molecular weight excluding hydrogens is 266 g/mol. The smallest absolute Gasteiger partial charge is 0.151 e. The van der Waals surface area contributed by atoms with E-state index in [2.05, 4.69) is 45.7 Å². The van der Waals surface area contributed by atoms with E-state index in [1.807, 2.05) is 0 Å². The molecule has 2 aliphatic heterocycles. The second kappa shape index (κ2) is 7.02. The molecule has 1 N–H and O–H groups in total. The Bertz CT molecular complexity index is 460. The molecule has 2 heterocycles. The van der Waals surface area contributed by atoms with Gasteiger partial charge in [0.2, 0.25) is 0 Å². The number of piperidine rings is 1. The molecule has 0 saturated carbocycles. The number of rotatable bonds is 4. The quantitative estimate of drug-likeness (QED) is 0.678.